The smallest absolute Gasteiger partial charge is 0.129 e. The molecule has 0 atom stereocenters. The molecule has 0 unspecified atom stereocenters. The molecule has 0 aromatic rings. The van der Waals surface area contributed by atoms with Gasteiger partial charge in [0, 0.05) is 0 Å². The lowest BCUT2D eigenvalue weighted by Crippen LogP contribution is -2.16. The second-order valence-electron chi connectivity index (χ2n) is 3.25. The van der Waals surface area contributed by atoms with Gasteiger partial charge >= 0.3 is 0 Å². The Morgan fingerprint density at radius 3 is 2.36 bits per heavy atom. The van der Waals surface area contributed by atoms with Crippen molar-refractivity contribution in [1.29, 1.82) is 0 Å². The summed E-state index contributed by atoms with van der Waals surface area (Å²) in [5, 5.41) is 0. The molecule has 0 aromatic heterocycles. The van der Waals surface area contributed by atoms with Crippen LogP contribution in [0.4, 0.5) is 0 Å². The molecule has 1 nitrogen and oxygen atoms in total. The molecule has 0 bridgehead atoms. The fraction of sp³-hybridized carbons (Fsp3) is 0.556. The van der Waals surface area contributed by atoms with Crippen LogP contribution < -0.4 is 0 Å². The third kappa shape index (κ3) is 9.30. The van der Waals surface area contributed by atoms with Crippen LogP contribution in [0.3, 0.4) is 0 Å². The van der Waals surface area contributed by atoms with Crippen LogP contribution in [-0.2, 0) is 4.74 Å². The van der Waals surface area contributed by atoms with E-state index < -0.39 is 8.07 Å². The highest BCUT2D eigenvalue weighted by Crippen LogP contribution is 1.95. The lowest BCUT2D eigenvalue weighted by Gasteiger charge is -2.02. The molecule has 0 aliphatic heterocycles. The topological polar surface area (TPSA) is 9.23 Å². The lowest BCUT2D eigenvalue weighted by molar-refractivity contribution is 0.205. The molecule has 0 N–H and O–H groups in total. The van der Waals surface area contributed by atoms with Gasteiger partial charge in [-0.25, -0.2) is 0 Å². The SMILES string of the molecule is C#CCOCC#C[Si](C)(C)C. The van der Waals surface area contributed by atoms with E-state index in [0.717, 1.165) is 0 Å². The van der Waals surface area contributed by atoms with Gasteiger partial charge in [0.1, 0.15) is 21.3 Å². The number of ether oxygens (including phenoxy) is 1. The summed E-state index contributed by atoms with van der Waals surface area (Å²) in [5.41, 5.74) is 3.18. The summed E-state index contributed by atoms with van der Waals surface area (Å²) in [5.74, 6) is 5.34. The van der Waals surface area contributed by atoms with Crippen molar-refractivity contribution in [3.05, 3.63) is 0 Å². The van der Waals surface area contributed by atoms with E-state index in [4.69, 9.17) is 11.2 Å². The fourth-order valence-corrected chi connectivity index (χ4v) is 1.06. The van der Waals surface area contributed by atoms with E-state index >= 15 is 0 Å². The highest BCUT2D eigenvalue weighted by atomic mass is 28.3. The van der Waals surface area contributed by atoms with Gasteiger partial charge in [0.2, 0.25) is 0 Å². The van der Waals surface area contributed by atoms with Gasteiger partial charge in [-0.3, -0.25) is 0 Å². The van der Waals surface area contributed by atoms with Gasteiger partial charge in [-0.2, -0.15) is 0 Å². The maximum atomic E-state index is 4.99. The number of rotatable bonds is 2. The minimum absolute atomic E-state index is 0.361. The zero-order valence-corrected chi connectivity index (χ0v) is 8.40. The predicted octanol–water partition coefficient (Wildman–Crippen LogP) is 1.52. The molecule has 0 aromatic carbocycles. The van der Waals surface area contributed by atoms with E-state index in [1.165, 1.54) is 0 Å². The lowest BCUT2D eigenvalue weighted by atomic mass is 10.7. The van der Waals surface area contributed by atoms with E-state index in [-0.39, 0.29) is 0 Å². The summed E-state index contributed by atoms with van der Waals surface area (Å²) >= 11 is 0. The van der Waals surface area contributed by atoms with Gasteiger partial charge in [-0.15, -0.1) is 12.0 Å². The van der Waals surface area contributed by atoms with Crippen LogP contribution in [0.15, 0.2) is 0 Å². The minimum Gasteiger partial charge on any atom is -0.356 e. The molecule has 0 saturated carbocycles. The third-order valence-electron chi connectivity index (χ3n) is 0.823. The van der Waals surface area contributed by atoms with Gasteiger partial charge in [-0.1, -0.05) is 31.5 Å². The Hall–Kier alpha value is -0.703. The molecule has 0 heterocycles. The van der Waals surface area contributed by atoms with E-state index in [1.54, 1.807) is 0 Å². The van der Waals surface area contributed by atoms with E-state index in [0.29, 0.717) is 13.2 Å². The van der Waals surface area contributed by atoms with Gasteiger partial charge < -0.3 is 4.74 Å². The minimum atomic E-state index is -1.21. The van der Waals surface area contributed by atoms with E-state index in [9.17, 15) is 0 Å². The largest absolute Gasteiger partial charge is 0.356 e. The summed E-state index contributed by atoms with van der Waals surface area (Å²) in [6.45, 7) is 7.42. The molecular formula is C9H14OSi. The first kappa shape index (κ1) is 10.3. The molecule has 0 saturated heterocycles. The Morgan fingerprint density at radius 2 is 1.91 bits per heavy atom. The van der Waals surface area contributed by atoms with Crippen LogP contribution >= 0.6 is 0 Å². The first-order valence-corrected chi connectivity index (χ1v) is 7.07. The van der Waals surface area contributed by atoms with Crippen LogP contribution in [0.25, 0.3) is 0 Å². The second-order valence-corrected chi connectivity index (χ2v) is 8.00. The summed E-state index contributed by atoms with van der Waals surface area (Å²) in [6.07, 6.45) is 4.98. The Morgan fingerprint density at radius 1 is 1.27 bits per heavy atom. The number of terminal acetylenes is 1. The molecule has 0 aliphatic rings. The highest BCUT2D eigenvalue weighted by molar-refractivity contribution is 6.83. The normalized spacial score (nSPS) is 9.64. The molecule has 0 spiro atoms. The maximum Gasteiger partial charge on any atom is 0.129 e. The average molecular weight is 166 g/mol. The van der Waals surface area contributed by atoms with Crippen LogP contribution in [0.1, 0.15) is 0 Å². The summed E-state index contributed by atoms with van der Waals surface area (Å²) in [6, 6.07) is 0. The molecule has 0 aliphatic carbocycles. The molecule has 2 heteroatoms. The molecule has 0 amide bonds. The van der Waals surface area contributed by atoms with E-state index in [1.807, 2.05) is 0 Å². The van der Waals surface area contributed by atoms with Crippen molar-refractivity contribution in [3.63, 3.8) is 0 Å². The molecule has 0 rings (SSSR count). The van der Waals surface area contributed by atoms with Crippen LogP contribution in [0.5, 0.6) is 0 Å². The molecule has 60 valence electrons. The first-order valence-electron chi connectivity index (χ1n) is 3.57. The zero-order chi connectivity index (χ0) is 8.74. The van der Waals surface area contributed by atoms with Crippen molar-refractivity contribution in [2.24, 2.45) is 0 Å². The highest BCUT2D eigenvalue weighted by Gasteiger charge is 2.06. The molecule has 0 radical (unpaired) electrons. The van der Waals surface area contributed by atoms with Crippen molar-refractivity contribution in [2.75, 3.05) is 13.2 Å². The van der Waals surface area contributed by atoms with Gasteiger partial charge in [-0.05, 0) is 0 Å². The summed E-state index contributed by atoms with van der Waals surface area (Å²) < 4.78 is 4.99. The quantitative estimate of drug-likeness (QED) is 0.343. The maximum absolute atomic E-state index is 4.99. The first-order chi connectivity index (χ1) is 5.06. The Kier molecular flexibility index (Phi) is 4.69. The monoisotopic (exact) mass is 166 g/mol. The van der Waals surface area contributed by atoms with Crippen molar-refractivity contribution in [3.8, 4) is 23.8 Å². The Labute approximate surface area is 70.2 Å². The van der Waals surface area contributed by atoms with Crippen LogP contribution in [-0.4, -0.2) is 21.3 Å². The second kappa shape index (κ2) is 5.01. The Bertz CT molecular complexity index is 196. The fourth-order valence-electron chi connectivity index (χ4n) is 0.462. The van der Waals surface area contributed by atoms with Crippen molar-refractivity contribution < 1.29 is 4.74 Å². The van der Waals surface area contributed by atoms with Crippen molar-refractivity contribution >= 4 is 8.07 Å². The van der Waals surface area contributed by atoms with Gasteiger partial charge in [0.15, 0.2) is 0 Å². The third-order valence-corrected chi connectivity index (χ3v) is 1.75. The van der Waals surface area contributed by atoms with Crippen molar-refractivity contribution in [2.45, 2.75) is 19.6 Å². The predicted molar refractivity (Wildman–Crippen MR) is 50.8 cm³/mol. The average Bonchev–Trinajstić information content (AvgIpc) is 1.85. The Balaban J connectivity index is 3.51. The van der Waals surface area contributed by atoms with Crippen LogP contribution in [0.2, 0.25) is 19.6 Å². The number of hydrogen-bond donors (Lipinski definition) is 0. The number of hydrogen-bond acceptors (Lipinski definition) is 1. The summed E-state index contributed by atoms with van der Waals surface area (Å²) in [4.78, 5) is 0. The molecular weight excluding hydrogens is 152 g/mol. The zero-order valence-electron chi connectivity index (χ0n) is 7.40. The van der Waals surface area contributed by atoms with Gasteiger partial charge in [0.05, 0.1) is 0 Å². The van der Waals surface area contributed by atoms with Gasteiger partial charge in [0.25, 0.3) is 0 Å². The molecule has 11 heavy (non-hydrogen) atoms. The van der Waals surface area contributed by atoms with Crippen LogP contribution in [0, 0.1) is 23.8 Å². The summed E-state index contributed by atoms with van der Waals surface area (Å²) in [7, 11) is -1.21. The van der Waals surface area contributed by atoms with E-state index in [2.05, 4.69) is 37.0 Å². The van der Waals surface area contributed by atoms with Crippen molar-refractivity contribution in [1.82, 2.24) is 0 Å². The standard InChI is InChI=1S/C9H14OSi/c1-5-7-10-8-6-9-11(2,3)4/h1H,7-8H2,2-4H3. The molecule has 0 fully saturated rings.